The molecule has 106 valence electrons. The van der Waals surface area contributed by atoms with Gasteiger partial charge in [0.05, 0.1) is 6.61 Å². The monoisotopic (exact) mass is 297 g/mol. The molecule has 3 rings (SSSR count). The zero-order valence-corrected chi connectivity index (χ0v) is 12.4. The van der Waals surface area contributed by atoms with Crippen LogP contribution >= 0.6 is 11.8 Å². The number of fused-ring (bicyclic) bond motifs is 1. The first-order valence-corrected chi connectivity index (χ1v) is 7.57. The van der Waals surface area contributed by atoms with Crippen molar-refractivity contribution in [1.82, 2.24) is 4.98 Å². The second-order valence-electron chi connectivity index (χ2n) is 4.47. The van der Waals surface area contributed by atoms with Crippen LogP contribution < -0.4 is 4.74 Å². The maximum Gasteiger partial charge on any atom is 0.151 e. The number of rotatable bonds is 4. The van der Waals surface area contributed by atoms with E-state index in [0.717, 1.165) is 26.4 Å². The van der Waals surface area contributed by atoms with Crippen LogP contribution in [-0.4, -0.2) is 16.7 Å². The minimum absolute atomic E-state index is 0.293. The highest BCUT2D eigenvalue weighted by molar-refractivity contribution is 7.99. The van der Waals surface area contributed by atoms with E-state index < -0.39 is 0 Å². The molecular formula is C17H15NO2S. The Morgan fingerprint density at radius 2 is 1.86 bits per heavy atom. The van der Waals surface area contributed by atoms with Crippen LogP contribution in [0.25, 0.3) is 10.8 Å². The number of pyridine rings is 1. The predicted octanol–water partition coefficient (Wildman–Crippen LogP) is 4.49. The first-order valence-electron chi connectivity index (χ1n) is 6.76. The normalized spacial score (nSPS) is 10.7. The number of nitrogens with zero attached hydrogens (tertiary/aromatic N) is 1. The minimum Gasteiger partial charge on any atom is -0.507 e. The lowest BCUT2D eigenvalue weighted by Crippen LogP contribution is -1.94. The zero-order chi connectivity index (χ0) is 14.7. The predicted molar refractivity (Wildman–Crippen MR) is 85.1 cm³/mol. The molecule has 0 aliphatic rings. The van der Waals surface area contributed by atoms with Crippen molar-refractivity contribution in [2.75, 3.05) is 6.61 Å². The van der Waals surface area contributed by atoms with E-state index in [1.807, 2.05) is 49.4 Å². The highest BCUT2D eigenvalue weighted by atomic mass is 32.2. The van der Waals surface area contributed by atoms with Crippen molar-refractivity contribution in [1.29, 1.82) is 0 Å². The number of phenolic OH excluding ortho intramolecular Hbond substituents is 1. The summed E-state index contributed by atoms with van der Waals surface area (Å²) >= 11 is 1.55. The molecule has 3 nitrogen and oxygen atoms in total. The Morgan fingerprint density at radius 1 is 1.05 bits per heavy atom. The number of aromatic nitrogens is 1. The third-order valence-electron chi connectivity index (χ3n) is 3.10. The average Bonchev–Trinajstić information content (AvgIpc) is 2.52. The van der Waals surface area contributed by atoms with Gasteiger partial charge in [-0.3, -0.25) is 0 Å². The average molecular weight is 297 g/mol. The number of benzene rings is 2. The quantitative estimate of drug-likeness (QED) is 0.770. The molecule has 0 fully saturated rings. The Bertz CT molecular complexity index is 774. The van der Waals surface area contributed by atoms with Crippen LogP contribution in [0.3, 0.4) is 0 Å². The fourth-order valence-corrected chi connectivity index (χ4v) is 3.14. The molecule has 21 heavy (non-hydrogen) atoms. The van der Waals surface area contributed by atoms with Gasteiger partial charge in [-0.05, 0) is 36.6 Å². The Morgan fingerprint density at radius 3 is 2.67 bits per heavy atom. The Balaban J connectivity index is 2.05. The van der Waals surface area contributed by atoms with Gasteiger partial charge in [-0.2, -0.15) is 0 Å². The van der Waals surface area contributed by atoms with Crippen LogP contribution in [0.1, 0.15) is 6.92 Å². The molecular weight excluding hydrogens is 282 g/mol. The fourth-order valence-electron chi connectivity index (χ4n) is 2.17. The fraction of sp³-hybridized carbons (Fsp3) is 0.118. The van der Waals surface area contributed by atoms with Crippen molar-refractivity contribution in [3.8, 4) is 11.5 Å². The minimum atomic E-state index is 0.293. The van der Waals surface area contributed by atoms with Crippen molar-refractivity contribution in [2.45, 2.75) is 16.8 Å². The molecule has 0 saturated carbocycles. The molecule has 2 aromatic carbocycles. The maximum absolute atomic E-state index is 9.95. The van der Waals surface area contributed by atoms with Gasteiger partial charge < -0.3 is 9.84 Å². The molecule has 0 bridgehead atoms. The first kappa shape index (κ1) is 13.8. The summed E-state index contributed by atoms with van der Waals surface area (Å²) in [7, 11) is 0. The third-order valence-corrected chi connectivity index (χ3v) is 4.18. The lowest BCUT2D eigenvalue weighted by molar-refractivity contribution is 0.329. The molecule has 0 aliphatic heterocycles. The van der Waals surface area contributed by atoms with Crippen molar-refractivity contribution >= 4 is 22.5 Å². The topological polar surface area (TPSA) is 42.4 Å². The summed E-state index contributed by atoms with van der Waals surface area (Å²) in [6, 6.07) is 15.2. The van der Waals surface area contributed by atoms with Crippen molar-refractivity contribution < 1.29 is 9.84 Å². The van der Waals surface area contributed by atoms with Gasteiger partial charge >= 0.3 is 0 Å². The van der Waals surface area contributed by atoms with Crippen LogP contribution in [0, 0.1) is 0 Å². The van der Waals surface area contributed by atoms with Gasteiger partial charge in [-0.1, -0.05) is 36.0 Å². The Hall–Kier alpha value is -2.20. The smallest absolute Gasteiger partial charge is 0.151 e. The molecule has 0 atom stereocenters. The summed E-state index contributed by atoms with van der Waals surface area (Å²) in [5, 5.41) is 12.6. The van der Waals surface area contributed by atoms with Crippen LogP contribution in [-0.2, 0) is 0 Å². The molecule has 1 N–H and O–H groups in total. The van der Waals surface area contributed by atoms with Crippen LogP contribution in [0.15, 0.2) is 64.6 Å². The summed E-state index contributed by atoms with van der Waals surface area (Å²) in [5.41, 5.74) is 0. The van der Waals surface area contributed by atoms with Gasteiger partial charge in [0.1, 0.15) is 10.8 Å². The second kappa shape index (κ2) is 6.06. The molecule has 0 radical (unpaired) electrons. The molecule has 0 amide bonds. The Kier molecular flexibility index (Phi) is 3.97. The van der Waals surface area contributed by atoms with E-state index >= 15 is 0 Å². The summed E-state index contributed by atoms with van der Waals surface area (Å²) in [4.78, 5) is 5.44. The maximum atomic E-state index is 9.95. The summed E-state index contributed by atoms with van der Waals surface area (Å²) in [5.74, 6) is 1.07. The molecule has 0 unspecified atom stereocenters. The number of hydrogen-bond donors (Lipinski definition) is 1. The second-order valence-corrected chi connectivity index (χ2v) is 5.50. The first-order chi connectivity index (χ1) is 10.3. The number of phenols is 1. The number of aromatic hydroxyl groups is 1. The van der Waals surface area contributed by atoms with E-state index in [-0.39, 0.29) is 0 Å². The summed E-state index contributed by atoms with van der Waals surface area (Å²) < 4.78 is 5.61. The molecule has 0 saturated heterocycles. The summed E-state index contributed by atoms with van der Waals surface area (Å²) in [6.45, 7) is 2.56. The highest BCUT2D eigenvalue weighted by Crippen LogP contribution is 2.39. The standard InChI is InChI=1S/C17H15NO2S/c1-2-20-15-8-5-11-18-17(15)21-16-10-9-14(19)12-6-3-4-7-13(12)16/h3-11,19H,2H2,1H3. The van der Waals surface area contributed by atoms with Gasteiger partial charge in [-0.25, -0.2) is 4.98 Å². The molecule has 4 heteroatoms. The Labute approximate surface area is 127 Å². The van der Waals surface area contributed by atoms with Crippen LogP contribution in [0.2, 0.25) is 0 Å². The zero-order valence-electron chi connectivity index (χ0n) is 11.6. The van der Waals surface area contributed by atoms with E-state index in [1.165, 1.54) is 0 Å². The van der Waals surface area contributed by atoms with Gasteiger partial charge in [0.15, 0.2) is 5.75 Å². The molecule has 0 aliphatic carbocycles. The van der Waals surface area contributed by atoms with E-state index in [2.05, 4.69) is 4.98 Å². The molecule has 3 aromatic rings. The van der Waals surface area contributed by atoms with E-state index in [0.29, 0.717) is 12.4 Å². The number of hydrogen-bond acceptors (Lipinski definition) is 4. The van der Waals surface area contributed by atoms with Crippen LogP contribution in [0.5, 0.6) is 11.5 Å². The number of ether oxygens (including phenoxy) is 1. The lowest BCUT2D eigenvalue weighted by atomic mass is 10.1. The van der Waals surface area contributed by atoms with E-state index in [4.69, 9.17) is 4.74 Å². The van der Waals surface area contributed by atoms with Crippen molar-refractivity contribution in [3.63, 3.8) is 0 Å². The molecule has 1 aromatic heterocycles. The van der Waals surface area contributed by atoms with Gasteiger partial charge in [0.2, 0.25) is 0 Å². The summed E-state index contributed by atoms with van der Waals surface area (Å²) in [6.07, 6.45) is 1.76. The van der Waals surface area contributed by atoms with E-state index in [1.54, 1.807) is 24.0 Å². The molecule has 0 spiro atoms. The molecule has 1 heterocycles. The largest absolute Gasteiger partial charge is 0.507 e. The van der Waals surface area contributed by atoms with Gasteiger partial charge in [0, 0.05) is 16.5 Å². The highest BCUT2D eigenvalue weighted by Gasteiger charge is 2.10. The van der Waals surface area contributed by atoms with Gasteiger partial charge in [-0.15, -0.1) is 0 Å². The van der Waals surface area contributed by atoms with Crippen molar-refractivity contribution in [2.24, 2.45) is 0 Å². The van der Waals surface area contributed by atoms with E-state index in [9.17, 15) is 5.11 Å². The van der Waals surface area contributed by atoms with Gasteiger partial charge in [0.25, 0.3) is 0 Å². The van der Waals surface area contributed by atoms with Crippen molar-refractivity contribution in [3.05, 3.63) is 54.7 Å². The third kappa shape index (κ3) is 2.81. The SMILES string of the molecule is CCOc1cccnc1Sc1ccc(O)c2ccccc12. The van der Waals surface area contributed by atoms with Crippen LogP contribution in [0.4, 0.5) is 0 Å². The lowest BCUT2D eigenvalue weighted by Gasteiger charge is -2.10.